The summed E-state index contributed by atoms with van der Waals surface area (Å²) in [6, 6.07) is 13.1. The van der Waals surface area contributed by atoms with Gasteiger partial charge in [0.15, 0.2) is 17.3 Å². The Morgan fingerprint density at radius 2 is 2.11 bits per heavy atom. The van der Waals surface area contributed by atoms with Gasteiger partial charge >= 0.3 is 0 Å². The summed E-state index contributed by atoms with van der Waals surface area (Å²) in [5.74, 6) is 1.96. The molecule has 3 rings (SSSR count). The average molecular weight is 403 g/mol. The van der Waals surface area contributed by atoms with Crippen molar-refractivity contribution in [2.24, 2.45) is 5.10 Å². The maximum absolute atomic E-state index is 6.04. The van der Waals surface area contributed by atoms with E-state index in [1.807, 2.05) is 49.4 Å². The van der Waals surface area contributed by atoms with Crippen molar-refractivity contribution in [3.63, 3.8) is 0 Å². The van der Waals surface area contributed by atoms with Crippen LogP contribution in [0.25, 0.3) is 0 Å². The Morgan fingerprint density at radius 3 is 2.85 bits per heavy atom. The second kappa shape index (κ2) is 8.83. The van der Waals surface area contributed by atoms with E-state index < -0.39 is 0 Å². The number of ether oxygens (including phenoxy) is 2. The van der Waals surface area contributed by atoms with E-state index in [4.69, 9.17) is 33.3 Å². The van der Waals surface area contributed by atoms with Crippen LogP contribution in [0.4, 0.5) is 0 Å². The van der Waals surface area contributed by atoms with Crippen LogP contribution in [0.5, 0.6) is 11.5 Å². The summed E-state index contributed by atoms with van der Waals surface area (Å²) in [5.41, 5.74) is 1.73. The summed E-state index contributed by atoms with van der Waals surface area (Å²) in [4.78, 5) is 0. The zero-order chi connectivity index (χ0) is 19.2. The number of benzene rings is 2. The van der Waals surface area contributed by atoms with Crippen molar-refractivity contribution in [2.75, 3.05) is 7.11 Å². The van der Waals surface area contributed by atoms with Gasteiger partial charge in [0.05, 0.1) is 13.3 Å². The molecule has 8 heteroatoms. The van der Waals surface area contributed by atoms with Crippen LogP contribution < -0.4 is 9.47 Å². The largest absolute Gasteiger partial charge is 0.493 e. The first-order chi connectivity index (χ1) is 13.1. The summed E-state index contributed by atoms with van der Waals surface area (Å²) < 4.78 is 13.5. The molecule has 0 spiro atoms. The number of nitrogens with zero attached hydrogens (tertiary/aromatic N) is 3. The highest BCUT2D eigenvalue weighted by Gasteiger charge is 2.10. The Labute approximate surface area is 167 Å². The predicted octanol–water partition coefficient (Wildman–Crippen LogP) is 4.63. The molecule has 0 radical (unpaired) electrons. The first kappa shape index (κ1) is 19.1. The number of para-hydroxylation sites is 1. The van der Waals surface area contributed by atoms with Crippen LogP contribution in [0, 0.1) is 4.77 Å². The Kier molecular flexibility index (Phi) is 6.26. The van der Waals surface area contributed by atoms with Gasteiger partial charge in [-0.2, -0.15) is 14.9 Å². The number of aromatic amines is 1. The quantitative estimate of drug-likeness (QED) is 0.462. The minimum atomic E-state index is 0.354. The second-order valence-corrected chi connectivity index (χ2v) is 6.48. The first-order valence-corrected chi connectivity index (χ1v) is 9.16. The summed E-state index contributed by atoms with van der Waals surface area (Å²) in [5, 5.41) is 12.0. The molecule has 0 aliphatic heterocycles. The molecule has 0 bridgehead atoms. The third-order valence-corrected chi connectivity index (χ3v) is 4.35. The molecular formula is C19H19ClN4O2S. The summed E-state index contributed by atoms with van der Waals surface area (Å²) in [7, 11) is 1.60. The van der Waals surface area contributed by atoms with E-state index in [1.165, 1.54) is 0 Å². The van der Waals surface area contributed by atoms with Crippen LogP contribution in [0.1, 0.15) is 23.9 Å². The minimum absolute atomic E-state index is 0.354. The van der Waals surface area contributed by atoms with Crippen LogP contribution in [-0.4, -0.2) is 28.2 Å². The summed E-state index contributed by atoms with van der Waals surface area (Å²) in [6.07, 6.45) is 2.39. The van der Waals surface area contributed by atoms with Crippen molar-refractivity contribution >= 4 is 30.0 Å². The predicted molar refractivity (Wildman–Crippen MR) is 109 cm³/mol. The SMILES string of the molecule is CCc1n[nH]c(=S)n1/N=C/c1cccc(OC)c1OCc1cccc(Cl)c1. The molecule has 2 aromatic carbocycles. The fraction of sp³-hybridized carbons (Fsp3) is 0.211. The molecule has 0 saturated heterocycles. The highest BCUT2D eigenvalue weighted by molar-refractivity contribution is 7.71. The maximum atomic E-state index is 6.04. The van der Waals surface area contributed by atoms with E-state index in [2.05, 4.69) is 15.3 Å². The number of rotatable bonds is 7. The molecule has 140 valence electrons. The number of hydrogen-bond donors (Lipinski definition) is 1. The van der Waals surface area contributed by atoms with Gasteiger partial charge in [0.2, 0.25) is 4.77 Å². The number of aryl methyl sites for hydroxylation is 1. The van der Waals surface area contributed by atoms with Crippen molar-refractivity contribution in [2.45, 2.75) is 20.0 Å². The van der Waals surface area contributed by atoms with Gasteiger partial charge in [-0.1, -0.05) is 36.7 Å². The molecule has 3 aromatic rings. The van der Waals surface area contributed by atoms with Crippen LogP contribution in [0.2, 0.25) is 5.02 Å². The van der Waals surface area contributed by atoms with Gasteiger partial charge in [-0.05, 0) is 42.0 Å². The molecule has 0 aliphatic carbocycles. The highest BCUT2D eigenvalue weighted by Crippen LogP contribution is 2.31. The van der Waals surface area contributed by atoms with Gasteiger partial charge in [0.1, 0.15) is 6.61 Å². The van der Waals surface area contributed by atoms with Crippen LogP contribution >= 0.6 is 23.8 Å². The van der Waals surface area contributed by atoms with Crippen molar-refractivity contribution in [3.05, 3.63) is 69.2 Å². The molecule has 1 N–H and O–H groups in total. The zero-order valence-corrected chi connectivity index (χ0v) is 16.5. The minimum Gasteiger partial charge on any atom is -0.493 e. The average Bonchev–Trinajstić information content (AvgIpc) is 3.04. The Bertz CT molecular complexity index is 1010. The summed E-state index contributed by atoms with van der Waals surface area (Å²) >= 11 is 11.3. The zero-order valence-electron chi connectivity index (χ0n) is 15.0. The van der Waals surface area contributed by atoms with Crippen molar-refractivity contribution in [1.29, 1.82) is 0 Å². The molecule has 0 unspecified atom stereocenters. The molecule has 1 heterocycles. The lowest BCUT2D eigenvalue weighted by molar-refractivity contribution is 0.284. The second-order valence-electron chi connectivity index (χ2n) is 5.65. The van der Waals surface area contributed by atoms with E-state index in [0.717, 1.165) is 17.0 Å². The number of nitrogens with one attached hydrogen (secondary N) is 1. The molecule has 27 heavy (non-hydrogen) atoms. The normalized spacial score (nSPS) is 11.1. The van der Waals surface area contributed by atoms with Crippen molar-refractivity contribution in [3.8, 4) is 11.5 Å². The Hall–Kier alpha value is -2.64. The third-order valence-electron chi connectivity index (χ3n) is 3.85. The molecule has 1 aromatic heterocycles. The Morgan fingerprint density at radius 1 is 1.30 bits per heavy atom. The van der Waals surface area contributed by atoms with Crippen molar-refractivity contribution < 1.29 is 9.47 Å². The number of methoxy groups -OCH3 is 1. The van der Waals surface area contributed by atoms with Crippen LogP contribution in [0.15, 0.2) is 47.6 Å². The fourth-order valence-corrected chi connectivity index (χ4v) is 2.94. The van der Waals surface area contributed by atoms with Crippen LogP contribution in [-0.2, 0) is 13.0 Å². The number of H-pyrrole nitrogens is 1. The number of aromatic nitrogens is 3. The van der Waals surface area contributed by atoms with Gasteiger partial charge < -0.3 is 9.47 Å². The maximum Gasteiger partial charge on any atom is 0.216 e. The first-order valence-electron chi connectivity index (χ1n) is 8.37. The fourth-order valence-electron chi connectivity index (χ4n) is 2.52. The van der Waals surface area contributed by atoms with E-state index in [1.54, 1.807) is 18.0 Å². The van der Waals surface area contributed by atoms with E-state index in [-0.39, 0.29) is 0 Å². The molecule has 6 nitrogen and oxygen atoms in total. The smallest absolute Gasteiger partial charge is 0.216 e. The lowest BCUT2D eigenvalue weighted by Crippen LogP contribution is -2.02. The monoisotopic (exact) mass is 402 g/mol. The topological polar surface area (TPSA) is 64.4 Å². The van der Waals surface area contributed by atoms with E-state index in [9.17, 15) is 0 Å². The molecule has 0 fully saturated rings. The van der Waals surface area contributed by atoms with Gasteiger partial charge in [-0.25, -0.2) is 0 Å². The molecular weight excluding hydrogens is 384 g/mol. The van der Waals surface area contributed by atoms with Gasteiger partial charge in [-0.3, -0.25) is 5.10 Å². The van der Waals surface area contributed by atoms with E-state index in [0.29, 0.717) is 34.3 Å². The van der Waals surface area contributed by atoms with E-state index >= 15 is 0 Å². The third kappa shape index (κ3) is 4.56. The van der Waals surface area contributed by atoms with Crippen LogP contribution in [0.3, 0.4) is 0 Å². The molecule has 0 amide bonds. The van der Waals surface area contributed by atoms with Crippen molar-refractivity contribution in [1.82, 2.24) is 14.9 Å². The molecule has 0 saturated carbocycles. The standard InChI is InChI=1S/C19H19ClN4O2S/c1-3-17-22-23-19(27)24(17)21-11-14-7-5-9-16(25-2)18(14)26-12-13-6-4-8-15(20)10-13/h4-11H,3,12H2,1-2H3,(H,23,27)/b21-11+. The number of hydrogen-bond acceptors (Lipinski definition) is 5. The molecule has 0 aliphatic rings. The van der Waals surface area contributed by atoms with Gasteiger partial charge in [-0.15, -0.1) is 0 Å². The highest BCUT2D eigenvalue weighted by atomic mass is 35.5. The lowest BCUT2D eigenvalue weighted by atomic mass is 10.2. The number of halogens is 1. The lowest BCUT2D eigenvalue weighted by Gasteiger charge is -2.13. The summed E-state index contributed by atoms with van der Waals surface area (Å²) in [6.45, 7) is 2.34. The molecule has 0 atom stereocenters. The Balaban J connectivity index is 1.90. The van der Waals surface area contributed by atoms with Gasteiger partial charge in [0, 0.05) is 17.0 Å². The van der Waals surface area contributed by atoms with Gasteiger partial charge in [0.25, 0.3) is 0 Å².